The van der Waals surface area contributed by atoms with Crippen molar-refractivity contribution in [2.24, 2.45) is 12.2 Å². The largest absolute Gasteiger partial charge is 0.492 e. The molecule has 2 N–H and O–H groups in total. The summed E-state index contributed by atoms with van der Waals surface area (Å²) in [6.45, 7) is 0.358. The quantitative estimate of drug-likeness (QED) is 0.893. The Bertz CT molecular complexity index is 759. The first-order chi connectivity index (χ1) is 9.77. The van der Waals surface area contributed by atoms with Gasteiger partial charge in [0.05, 0.1) is 22.8 Å². The van der Waals surface area contributed by atoms with Gasteiger partial charge in [0.1, 0.15) is 10.6 Å². The van der Waals surface area contributed by atoms with Gasteiger partial charge >= 0.3 is 0 Å². The van der Waals surface area contributed by atoms with Crippen molar-refractivity contribution in [3.63, 3.8) is 0 Å². The lowest BCUT2D eigenvalue weighted by molar-refractivity contribution is 0.322. The number of nitrogens with zero attached hydrogens (tertiary/aromatic N) is 2. The first kappa shape index (κ1) is 16.1. The predicted octanol–water partition coefficient (Wildman–Crippen LogP) is 2.00. The molecule has 0 aliphatic heterocycles. The molecule has 0 saturated heterocycles. The highest BCUT2D eigenvalue weighted by Gasteiger charge is 2.16. The highest BCUT2D eigenvalue weighted by Crippen LogP contribution is 2.33. The second-order valence-corrected chi connectivity index (χ2v) is 6.72. The van der Waals surface area contributed by atoms with Crippen LogP contribution in [-0.4, -0.2) is 24.8 Å². The van der Waals surface area contributed by atoms with Gasteiger partial charge in [-0.3, -0.25) is 4.68 Å². The van der Waals surface area contributed by atoms with Crippen molar-refractivity contribution in [3.8, 4) is 5.75 Å². The third-order valence-electron chi connectivity index (χ3n) is 2.70. The van der Waals surface area contributed by atoms with Crippen LogP contribution >= 0.6 is 23.2 Å². The first-order valence-corrected chi connectivity index (χ1v) is 8.20. The van der Waals surface area contributed by atoms with Crippen LogP contribution in [0.1, 0.15) is 5.56 Å². The van der Waals surface area contributed by atoms with Crippen molar-refractivity contribution in [2.75, 3.05) is 6.61 Å². The number of hydrogen-bond acceptors (Lipinski definition) is 4. The number of nitrogens with two attached hydrogens (primary N) is 1. The fourth-order valence-electron chi connectivity index (χ4n) is 1.72. The monoisotopic (exact) mass is 349 g/mol. The van der Waals surface area contributed by atoms with Gasteiger partial charge in [-0.2, -0.15) is 5.10 Å². The van der Waals surface area contributed by atoms with Crippen LogP contribution in [0.25, 0.3) is 0 Å². The van der Waals surface area contributed by atoms with Crippen LogP contribution in [-0.2, 0) is 23.5 Å². The summed E-state index contributed by atoms with van der Waals surface area (Å²) in [5.74, 6) is 0.304. The molecule has 6 nitrogen and oxygen atoms in total. The normalized spacial score (nSPS) is 11.6. The molecule has 0 spiro atoms. The Labute approximate surface area is 132 Å². The molecule has 1 aromatic carbocycles. The van der Waals surface area contributed by atoms with Gasteiger partial charge in [-0.15, -0.1) is 0 Å². The molecule has 2 aromatic rings. The minimum absolute atomic E-state index is 0.0294. The Morgan fingerprint density at radius 2 is 2.05 bits per heavy atom. The lowest BCUT2D eigenvalue weighted by Gasteiger charge is -2.10. The number of aryl methyl sites for hydroxylation is 1. The number of rotatable bonds is 5. The standard InChI is InChI=1S/C12H13Cl2N3O3S/c1-17-7-8(6-16-17)2-3-20-11-4-10(14)12(5-9(11)13)21(15,18)19/h4-7H,2-3H2,1H3,(H2,15,18,19). The molecule has 0 amide bonds. The van der Waals surface area contributed by atoms with Gasteiger partial charge in [-0.25, -0.2) is 13.6 Å². The number of sulfonamides is 1. The third-order valence-corrected chi connectivity index (χ3v) is 4.37. The van der Waals surface area contributed by atoms with E-state index in [4.69, 9.17) is 33.1 Å². The molecule has 1 aromatic heterocycles. The zero-order chi connectivity index (χ0) is 15.6. The zero-order valence-electron chi connectivity index (χ0n) is 11.1. The van der Waals surface area contributed by atoms with Crippen LogP contribution < -0.4 is 9.88 Å². The average molecular weight is 350 g/mol. The van der Waals surface area contributed by atoms with Gasteiger partial charge in [0.25, 0.3) is 0 Å². The lowest BCUT2D eigenvalue weighted by Crippen LogP contribution is -2.13. The SMILES string of the molecule is Cn1cc(CCOc2cc(Cl)c(S(N)(=O)=O)cc2Cl)cn1. The maximum Gasteiger partial charge on any atom is 0.239 e. The molecule has 114 valence electrons. The number of aromatic nitrogens is 2. The van der Waals surface area contributed by atoms with E-state index in [1.54, 1.807) is 10.9 Å². The van der Waals surface area contributed by atoms with Gasteiger partial charge < -0.3 is 4.74 Å². The van der Waals surface area contributed by atoms with E-state index in [2.05, 4.69) is 5.10 Å². The van der Waals surface area contributed by atoms with Gasteiger partial charge in [0.2, 0.25) is 10.0 Å². The Morgan fingerprint density at radius 1 is 1.33 bits per heavy atom. The molecule has 9 heteroatoms. The van der Waals surface area contributed by atoms with Crippen molar-refractivity contribution in [2.45, 2.75) is 11.3 Å². The van der Waals surface area contributed by atoms with Crippen molar-refractivity contribution < 1.29 is 13.2 Å². The summed E-state index contributed by atoms with van der Waals surface area (Å²) in [5.41, 5.74) is 1.01. The van der Waals surface area contributed by atoms with E-state index >= 15 is 0 Å². The topological polar surface area (TPSA) is 87.2 Å². The van der Waals surface area contributed by atoms with Gasteiger partial charge in [-0.05, 0) is 11.6 Å². The van der Waals surface area contributed by atoms with Gasteiger partial charge in [-0.1, -0.05) is 23.2 Å². The molecule has 0 unspecified atom stereocenters. The molecule has 0 atom stereocenters. The van der Waals surface area contributed by atoms with Crippen molar-refractivity contribution >= 4 is 33.2 Å². The van der Waals surface area contributed by atoms with Crippen molar-refractivity contribution in [1.82, 2.24) is 9.78 Å². The van der Waals surface area contributed by atoms with E-state index in [9.17, 15) is 8.42 Å². The number of benzene rings is 1. The summed E-state index contributed by atoms with van der Waals surface area (Å²) in [5, 5.41) is 9.18. The molecule has 1 heterocycles. The van der Waals surface area contributed by atoms with E-state index in [0.717, 1.165) is 5.56 Å². The van der Waals surface area contributed by atoms with Crippen molar-refractivity contribution in [1.29, 1.82) is 0 Å². The molecule has 0 saturated carbocycles. The van der Waals surface area contributed by atoms with E-state index in [1.165, 1.54) is 12.1 Å². The van der Waals surface area contributed by atoms with Crippen molar-refractivity contribution in [3.05, 3.63) is 40.1 Å². The highest BCUT2D eigenvalue weighted by molar-refractivity contribution is 7.89. The van der Waals surface area contributed by atoms with Crippen LogP contribution in [0.5, 0.6) is 5.75 Å². The van der Waals surface area contributed by atoms with Crippen LogP contribution in [0.2, 0.25) is 10.0 Å². The molecule has 0 aliphatic carbocycles. The fourth-order valence-corrected chi connectivity index (χ4v) is 3.09. The van der Waals surface area contributed by atoms with Crippen LogP contribution in [0.4, 0.5) is 0 Å². The Morgan fingerprint density at radius 3 is 2.62 bits per heavy atom. The van der Waals surface area contributed by atoms with Gasteiger partial charge in [0, 0.05) is 25.7 Å². The second-order valence-electron chi connectivity index (χ2n) is 4.38. The van der Waals surface area contributed by atoms with Gasteiger partial charge in [0.15, 0.2) is 0 Å². The van der Waals surface area contributed by atoms with Crippen LogP contribution in [0, 0.1) is 0 Å². The first-order valence-electron chi connectivity index (χ1n) is 5.89. The maximum atomic E-state index is 11.3. The van der Waals surface area contributed by atoms with E-state index in [0.29, 0.717) is 18.8 Å². The van der Waals surface area contributed by atoms with E-state index < -0.39 is 10.0 Å². The summed E-state index contributed by atoms with van der Waals surface area (Å²) in [7, 11) is -2.09. The summed E-state index contributed by atoms with van der Waals surface area (Å²) in [4.78, 5) is -0.228. The lowest BCUT2D eigenvalue weighted by atomic mass is 10.3. The minimum Gasteiger partial charge on any atom is -0.492 e. The molecule has 0 aliphatic rings. The van der Waals surface area contributed by atoms with E-state index in [-0.39, 0.29) is 14.9 Å². The number of halogens is 2. The highest BCUT2D eigenvalue weighted by atomic mass is 35.5. The molecular weight excluding hydrogens is 337 g/mol. The summed E-state index contributed by atoms with van der Waals surface area (Å²) in [6.07, 6.45) is 4.25. The number of primary sulfonamides is 1. The Kier molecular flexibility index (Phi) is 4.77. The predicted molar refractivity (Wildman–Crippen MR) is 80.2 cm³/mol. The second kappa shape index (κ2) is 6.23. The zero-order valence-corrected chi connectivity index (χ0v) is 13.4. The van der Waals surface area contributed by atoms with E-state index in [1.807, 2.05) is 13.2 Å². The van der Waals surface area contributed by atoms with Crippen LogP contribution in [0.3, 0.4) is 0 Å². The summed E-state index contributed by atoms with van der Waals surface area (Å²) >= 11 is 11.8. The summed E-state index contributed by atoms with van der Waals surface area (Å²) in [6, 6.07) is 2.52. The Hall–Kier alpha value is -1.28. The summed E-state index contributed by atoms with van der Waals surface area (Å²) < 4.78 is 29.8. The molecule has 0 fully saturated rings. The smallest absolute Gasteiger partial charge is 0.239 e. The molecule has 0 bridgehead atoms. The Balaban J connectivity index is 2.09. The average Bonchev–Trinajstić information content (AvgIpc) is 2.77. The maximum absolute atomic E-state index is 11.3. The minimum atomic E-state index is -3.92. The fraction of sp³-hybridized carbons (Fsp3) is 0.250. The molecule has 2 rings (SSSR count). The molecular formula is C12H13Cl2N3O3S. The number of hydrogen-bond donors (Lipinski definition) is 1. The molecule has 21 heavy (non-hydrogen) atoms. The van der Waals surface area contributed by atoms with Crippen LogP contribution in [0.15, 0.2) is 29.4 Å². The molecule has 0 radical (unpaired) electrons. The number of ether oxygens (including phenoxy) is 1. The third kappa shape index (κ3) is 4.10.